The van der Waals surface area contributed by atoms with Gasteiger partial charge in [0.15, 0.2) is 0 Å². The molecule has 1 rings (SSSR count). The maximum Gasteiger partial charge on any atom is 0.414 e. The van der Waals surface area contributed by atoms with Gasteiger partial charge >= 0.3 is 6.09 Å². The maximum absolute atomic E-state index is 11.0. The van der Waals surface area contributed by atoms with E-state index in [1.54, 1.807) is 32.3 Å². The van der Waals surface area contributed by atoms with E-state index >= 15 is 0 Å². The summed E-state index contributed by atoms with van der Waals surface area (Å²) in [6.07, 6.45) is -0.391. The van der Waals surface area contributed by atoms with Gasteiger partial charge in [-0.2, -0.15) is 0 Å². The summed E-state index contributed by atoms with van der Waals surface area (Å²) < 4.78 is 4.91. The molecule has 3 heteroatoms. The van der Waals surface area contributed by atoms with Crippen molar-refractivity contribution >= 4 is 6.09 Å². The molecule has 0 aliphatic carbocycles. The summed E-state index contributed by atoms with van der Waals surface area (Å²) in [4.78, 5) is 12.4. The zero-order chi connectivity index (χ0) is 8.97. The smallest absolute Gasteiger partial charge is 0.410 e. The third kappa shape index (κ3) is 2.27. The standard InChI is InChI=1S/C9H10NO2/c1-10(2)9(11)12-8-6-4-3-5-7-8/h3-6H,1-2H3. The molecule has 0 aromatic heterocycles. The molecular formula is C9H10NO2. The Morgan fingerprint density at radius 1 is 1.50 bits per heavy atom. The summed E-state index contributed by atoms with van der Waals surface area (Å²) in [7, 11) is 3.26. The van der Waals surface area contributed by atoms with E-state index in [1.165, 1.54) is 4.90 Å². The van der Waals surface area contributed by atoms with Crippen LogP contribution in [0.5, 0.6) is 5.75 Å². The topological polar surface area (TPSA) is 29.5 Å². The van der Waals surface area contributed by atoms with Gasteiger partial charge in [-0.25, -0.2) is 4.79 Å². The fraction of sp³-hybridized carbons (Fsp3) is 0.222. The van der Waals surface area contributed by atoms with E-state index in [2.05, 4.69) is 6.07 Å². The SMILES string of the molecule is CN(C)C(=O)Oc1[c]cccc1. The molecule has 0 spiro atoms. The van der Waals surface area contributed by atoms with Gasteiger partial charge in [-0.15, -0.1) is 0 Å². The molecule has 1 amide bonds. The second-order valence-electron chi connectivity index (χ2n) is 2.49. The molecular weight excluding hydrogens is 154 g/mol. The van der Waals surface area contributed by atoms with E-state index in [0.29, 0.717) is 5.75 Å². The Hall–Kier alpha value is -1.51. The van der Waals surface area contributed by atoms with Gasteiger partial charge in [-0.1, -0.05) is 18.2 Å². The van der Waals surface area contributed by atoms with E-state index < -0.39 is 6.09 Å². The predicted molar refractivity (Wildman–Crippen MR) is 45.0 cm³/mol. The molecule has 3 nitrogen and oxygen atoms in total. The largest absolute Gasteiger partial charge is 0.414 e. The van der Waals surface area contributed by atoms with Crippen molar-refractivity contribution < 1.29 is 9.53 Å². The van der Waals surface area contributed by atoms with E-state index in [4.69, 9.17) is 4.74 Å². The number of carbonyl (C=O) groups is 1. The molecule has 0 saturated heterocycles. The third-order valence-corrected chi connectivity index (χ3v) is 1.24. The molecule has 0 N–H and O–H groups in total. The van der Waals surface area contributed by atoms with Gasteiger partial charge in [0.25, 0.3) is 0 Å². The van der Waals surface area contributed by atoms with Gasteiger partial charge in [0.2, 0.25) is 0 Å². The van der Waals surface area contributed by atoms with Gasteiger partial charge < -0.3 is 9.64 Å². The fourth-order valence-electron chi connectivity index (χ4n) is 0.626. The summed E-state index contributed by atoms with van der Waals surface area (Å²) in [6, 6.07) is 9.76. The highest BCUT2D eigenvalue weighted by molar-refractivity contribution is 5.69. The highest BCUT2D eigenvalue weighted by Crippen LogP contribution is 2.07. The highest BCUT2D eigenvalue weighted by Gasteiger charge is 2.04. The van der Waals surface area contributed by atoms with Crippen molar-refractivity contribution in [3.05, 3.63) is 30.3 Å². The Bertz CT molecular complexity index is 256. The minimum absolute atomic E-state index is 0.391. The lowest BCUT2D eigenvalue weighted by molar-refractivity contribution is 0.172. The Morgan fingerprint density at radius 3 is 2.75 bits per heavy atom. The van der Waals surface area contributed by atoms with Crippen molar-refractivity contribution in [2.24, 2.45) is 0 Å². The fourth-order valence-corrected chi connectivity index (χ4v) is 0.626. The number of hydrogen-bond donors (Lipinski definition) is 0. The average Bonchev–Trinajstić information content (AvgIpc) is 2.06. The van der Waals surface area contributed by atoms with Crippen LogP contribution in [-0.2, 0) is 0 Å². The van der Waals surface area contributed by atoms with Crippen LogP contribution >= 0.6 is 0 Å². The van der Waals surface area contributed by atoms with Crippen LogP contribution in [0.3, 0.4) is 0 Å². The van der Waals surface area contributed by atoms with Crippen molar-refractivity contribution in [2.75, 3.05) is 14.1 Å². The number of amides is 1. The third-order valence-electron chi connectivity index (χ3n) is 1.24. The summed E-state index contributed by atoms with van der Waals surface area (Å²) >= 11 is 0. The zero-order valence-corrected chi connectivity index (χ0v) is 7.07. The molecule has 1 radical (unpaired) electrons. The number of benzene rings is 1. The predicted octanol–water partition coefficient (Wildman–Crippen LogP) is 1.55. The molecule has 0 unspecified atom stereocenters. The summed E-state index contributed by atoms with van der Waals surface area (Å²) in [5.41, 5.74) is 0. The molecule has 0 saturated carbocycles. The monoisotopic (exact) mass is 164 g/mol. The first-order valence-corrected chi connectivity index (χ1v) is 3.56. The van der Waals surface area contributed by atoms with Gasteiger partial charge in [-0.3, -0.25) is 0 Å². The molecule has 0 aliphatic rings. The molecule has 0 fully saturated rings. The van der Waals surface area contributed by atoms with E-state index in [0.717, 1.165) is 0 Å². The zero-order valence-electron chi connectivity index (χ0n) is 7.07. The lowest BCUT2D eigenvalue weighted by Gasteiger charge is -2.09. The first-order chi connectivity index (χ1) is 5.70. The molecule has 1 aromatic carbocycles. The summed E-state index contributed by atoms with van der Waals surface area (Å²) in [5.74, 6) is 0.441. The molecule has 63 valence electrons. The summed E-state index contributed by atoms with van der Waals surface area (Å²) in [5, 5.41) is 0. The number of para-hydroxylation sites is 1. The van der Waals surface area contributed by atoms with Gasteiger partial charge in [0.1, 0.15) is 5.75 Å². The second-order valence-corrected chi connectivity index (χ2v) is 2.49. The highest BCUT2D eigenvalue weighted by atomic mass is 16.6. The summed E-state index contributed by atoms with van der Waals surface area (Å²) in [6.45, 7) is 0. The van der Waals surface area contributed by atoms with Crippen LogP contribution in [0.15, 0.2) is 24.3 Å². The maximum atomic E-state index is 11.0. The number of hydrogen-bond acceptors (Lipinski definition) is 2. The minimum Gasteiger partial charge on any atom is -0.410 e. The van der Waals surface area contributed by atoms with Crippen LogP contribution in [0.4, 0.5) is 4.79 Å². The normalized spacial score (nSPS) is 9.17. The quantitative estimate of drug-likeness (QED) is 0.630. The number of rotatable bonds is 1. The lowest BCUT2D eigenvalue weighted by Crippen LogP contribution is -2.25. The number of nitrogens with zero attached hydrogens (tertiary/aromatic N) is 1. The molecule has 0 bridgehead atoms. The van der Waals surface area contributed by atoms with Gasteiger partial charge in [-0.05, 0) is 6.07 Å². The van der Waals surface area contributed by atoms with E-state index in [-0.39, 0.29) is 0 Å². The Labute approximate surface area is 71.6 Å². The van der Waals surface area contributed by atoms with Crippen LogP contribution in [0.25, 0.3) is 0 Å². The Kier molecular flexibility index (Phi) is 2.69. The molecule has 12 heavy (non-hydrogen) atoms. The first-order valence-electron chi connectivity index (χ1n) is 3.56. The molecule has 1 aromatic rings. The van der Waals surface area contributed by atoms with Crippen LogP contribution in [0.1, 0.15) is 0 Å². The van der Waals surface area contributed by atoms with E-state index in [9.17, 15) is 4.79 Å². The van der Waals surface area contributed by atoms with Gasteiger partial charge in [0, 0.05) is 20.2 Å². The van der Waals surface area contributed by atoms with Crippen LogP contribution < -0.4 is 4.74 Å². The average molecular weight is 164 g/mol. The van der Waals surface area contributed by atoms with Crippen molar-refractivity contribution in [1.82, 2.24) is 4.90 Å². The van der Waals surface area contributed by atoms with Crippen molar-refractivity contribution in [2.45, 2.75) is 0 Å². The van der Waals surface area contributed by atoms with Gasteiger partial charge in [0.05, 0.1) is 0 Å². The molecule has 0 heterocycles. The minimum atomic E-state index is -0.391. The van der Waals surface area contributed by atoms with Crippen LogP contribution in [-0.4, -0.2) is 25.1 Å². The number of carbonyl (C=O) groups excluding carboxylic acids is 1. The van der Waals surface area contributed by atoms with Crippen LogP contribution in [0, 0.1) is 6.07 Å². The Morgan fingerprint density at radius 2 is 2.25 bits per heavy atom. The number of ether oxygens (including phenoxy) is 1. The second kappa shape index (κ2) is 3.76. The lowest BCUT2D eigenvalue weighted by atomic mass is 10.3. The Balaban J connectivity index is 2.59. The van der Waals surface area contributed by atoms with Crippen molar-refractivity contribution in [3.63, 3.8) is 0 Å². The van der Waals surface area contributed by atoms with Crippen LogP contribution in [0.2, 0.25) is 0 Å². The van der Waals surface area contributed by atoms with E-state index in [1.807, 2.05) is 6.07 Å². The molecule has 0 atom stereocenters. The first kappa shape index (κ1) is 8.59. The molecule has 0 aliphatic heterocycles. The van der Waals surface area contributed by atoms with Crippen molar-refractivity contribution in [3.8, 4) is 5.75 Å². The van der Waals surface area contributed by atoms with Crippen molar-refractivity contribution in [1.29, 1.82) is 0 Å².